The normalized spacial score (nSPS) is 11.9. The zero-order valence-corrected chi connectivity index (χ0v) is 19.6. The quantitative estimate of drug-likeness (QED) is 0.468. The van der Waals surface area contributed by atoms with Gasteiger partial charge in [0.1, 0.15) is 11.4 Å². The summed E-state index contributed by atoms with van der Waals surface area (Å²) in [5.74, 6) is -0.275. The van der Waals surface area contributed by atoms with Crippen LogP contribution in [0.25, 0.3) is 0 Å². The van der Waals surface area contributed by atoms with Crippen molar-refractivity contribution < 1.29 is 23.9 Å². The molecule has 7 nitrogen and oxygen atoms in total. The van der Waals surface area contributed by atoms with Crippen molar-refractivity contribution >= 4 is 17.7 Å². The highest BCUT2D eigenvalue weighted by molar-refractivity contribution is 6.07. The second kappa shape index (κ2) is 9.81. The lowest BCUT2D eigenvalue weighted by Crippen LogP contribution is -2.47. The fourth-order valence-corrected chi connectivity index (χ4v) is 4.09. The van der Waals surface area contributed by atoms with Crippen molar-refractivity contribution in [1.29, 1.82) is 0 Å². The Morgan fingerprint density at radius 2 is 1.61 bits per heavy atom. The van der Waals surface area contributed by atoms with Crippen molar-refractivity contribution in [2.24, 2.45) is 0 Å². The summed E-state index contributed by atoms with van der Waals surface area (Å²) in [4.78, 5) is 40.8. The zero-order chi connectivity index (χ0) is 23.5. The standard InChI is InChI=1S/C24H32N2O5/c1-9-25-16(5)20(15(4)21(25)24(29)31-8)22(27)17(6)26(14(2)3)23(28)18-10-12-19(30-7)13-11-18/h10-14,17H,9H2,1-8H3. The van der Waals surface area contributed by atoms with Gasteiger partial charge >= 0.3 is 5.97 Å². The first-order chi connectivity index (χ1) is 14.6. The fourth-order valence-electron chi connectivity index (χ4n) is 4.09. The van der Waals surface area contributed by atoms with Crippen LogP contribution in [0.5, 0.6) is 5.75 Å². The Labute approximate surface area is 183 Å². The van der Waals surface area contributed by atoms with E-state index in [0.29, 0.717) is 40.4 Å². The number of amides is 1. The van der Waals surface area contributed by atoms with E-state index in [1.807, 2.05) is 27.7 Å². The maximum absolute atomic E-state index is 13.6. The third kappa shape index (κ3) is 4.50. The maximum atomic E-state index is 13.6. The minimum absolute atomic E-state index is 0.206. The number of Topliss-reactive ketones (excluding diaryl/α,β-unsaturated/α-hetero) is 1. The van der Waals surface area contributed by atoms with Gasteiger partial charge in [-0.2, -0.15) is 0 Å². The van der Waals surface area contributed by atoms with Crippen LogP contribution in [0.15, 0.2) is 24.3 Å². The van der Waals surface area contributed by atoms with Crippen LogP contribution >= 0.6 is 0 Å². The van der Waals surface area contributed by atoms with Crippen LogP contribution in [0, 0.1) is 13.8 Å². The fraction of sp³-hybridized carbons (Fsp3) is 0.458. The number of aromatic nitrogens is 1. The van der Waals surface area contributed by atoms with Crippen LogP contribution in [0.2, 0.25) is 0 Å². The number of rotatable bonds is 8. The van der Waals surface area contributed by atoms with Gasteiger partial charge in [0.2, 0.25) is 0 Å². The van der Waals surface area contributed by atoms with Crippen LogP contribution in [-0.4, -0.2) is 53.4 Å². The number of carbonyl (C=O) groups is 3. The van der Waals surface area contributed by atoms with E-state index in [-0.39, 0.29) is 17.7 Å². The Kier molecular flexibility index (Phi) is 7.65. The van der Waals surface area contributed by atoms with Crippen LogP contribution in [0.1, 0.15) is 70.2 Å². The number of ether oxygens (including phenoxy) is 2. The number of esters is 1. The van der Waals surface area contributed by atoms with Crippen LogP contribution in [0.4, 0.5) is 0 Å². The van der Waals surface area contributed by atoms with E-state index in [1.165, 1.54) is 7.11 Å². The molecule has 2 aromatic rings. The summed E-state index contributed by atoms with van der Waals surface area (Å²) < 4.78 is 11.9. The molecule has 1 aromatic carbocycles. The molecule has 1 aromatic heterocycles. The molecule has 7 heteroatoms. The van der Waals surface area contributed by atoms with Crippen molar-refractivity contribution in [3.8, 4) is 5.75 Å². The van der Waals surface area contributed by atoms with Crippen LogP contribution in [0.3, 0.4) is 0 Å². The Morgan fingerprint density at radius 1 is 1.03 bits per heavy atom. The second-order valence-corrected chi connectivity index (χ2v) is 7.74. The molecule has 0 aliphatic heterocycles. The molecule has 1 amide bonds. The summed E-state index contributed by atoms with van der Waals surface area (Å²) in [5.41, 5.74) is 2.57. The summed E-state index contributed by atoms with van der Waals surface area (Å²) in [5, 5.41) is 0. The van der Waals surface area contributed by atoms with E-state index in [2.05, 4.69) is 0 Å². The number of methoxy groups -OCH3 is 2. The van der Waals surface area contributed by atoms with E-state index in [9.17, 15) is 14.4 Å². The van der Waals surface area contributed by atoms with Gasteiger partial charge in [-0.25, -0.2) is 4.79 Å². The number of hydrogen-bond acceptors (Lipinski definition) is 5. The molecule has 0 radical (unpaired) electrons. The van der Waals surface area contributed by atoms with Gasteiger partial charge in [0, 0.05) is 29.4 Å². The molecule has 0 N–H and O–H groups in total. The van der Waals surface area contributed by atoms with Gasteiger partial charge in [-0.1, -0.05) is 0 Å². The van der Waals surface area contributed by atoms with Crippen molar-refractivity contribution in [1.82, 2.24) is 9.47 Å². The van der Waals surface area contributed by atoms with Gasteiger partial charge in [-0.15, -0.1) is 0 Å². The smallest absolute Gasteiger partial charge is 0.354 e. The van der Waals surface area contributed by atoms with Gasteiger partial charge in [0.25, 0.3) is 5.91 Å². The van der Waals surface area contributed by atoms with Gasteiger partial charge in [-0.05, 0) is 71.4 Å². The molecular formula is C24H32N2O5. The van der Waals surface area contributed by atoms with E-state index in [4.69, 9.17) is 9.47 Å². The summed E-state index contributed by atoms with van der Waals surface area (Å²) in [7, 11) is 2.88. The highest BCUT2D eigenvalue weighted by atomic mass is 16.5. The first-order valence-corrected chi connectivity index (χ1v) is 10.4. The molecule has 0 aliphatic rings. The Balaban J connectivity index is 2.48. The molecule has 0 aliphatic carbocycles. The Bertz CT molecular complexity index is 973. The monoisotopic (exact) mass is 428 g/mol. The second-order valence-electron chi connectivity index (χ2n) is 7.74. The molecule has 168 valence electrons. The zero-order valence-electron chi connectivity index (χ0n) is 19.6. The average molecular weight is 429 g/mol. The number of carbonyl (C=O) groups excluding carboxylic acids is 3. The average Bonchev–Trinajstić information content (AvgIpc) is 3.01. The largest absolute Gasteiger partial charge is 0.497 e. The molecule has 2 rings (SSSR count). The highest BCUT2D eigenvalue weighted by Crippen LogP contribution is 2.27. The molecule has 1 atom stereocenters. The van der Waals surface area contributed by atoms with Crippen molar-refractivity contribution in [2.75, 3.05) is 14.2 Å². The minimum atomic E-state index is -0.717. The molecule has 31 heavy (non-hydrogen) atoms. The topological polar surface area (TPSA) is 77.8 Å². The highest BCUT2D eigenvalue weighted by Gasteiger charge is 2.34. The lowest BCUT2D eigenvalue weighted by Gasteiger charge is -2.32. The van der Waals surface area contributed by atoms with E-state index >= 15 is 0 Å². The predicted molar refractivity (Wildman–Crippen MR) is 119 cm³/mol. The maximum Gasteiger partial charge on any atom is 0.354 e. The SMILES string of the molecule is CCn1c(C)c(C(=O)C(C)N(C(=O)c2ccc(OC)cc2)C(C)C)c(C)c1C(=O)OC. The third-order valence-corrected chi connectivity index (χ3v) is 5.63. The van der Waals surface area contributed by atoms with Crippen LogP contribution < -0.4 is 4.74 Å². The third-order valence-electron chi connectivity index (χ3n) is 5.63. The van der Waals surface area contributed by atoms with Crippen molar-refractivity contribution in [2.45, 2.75) is 60.2 Å². The van der Waals surface area contributed by atoms with Gasteiger partial charge in [0.05, 0.1) is 20.3 Å². The van der Waals surface area contributed by atoms with Crippen LogP contribution in [-0.2, 0) is 11.3 Å². The van der Waals surface area contributed by atoms with Gasteiger partial charge < -0.3 is 18.9 Å². The summed E-state index contributed by atoms with van der Waals surface area (Å²) >= 11 is 0. The molecule has 0 bridgehead atoms. The Hall–Kier alpha value is -3.09. The van der Waals surface area contributed by atoms with E-state index in [0.717, 1.165) is 0 Å². The molecule has 0 fully saturated rings. The molecule has 0 spiro atoms. The van der Waals surface area contributed by atoms with E-state index in [1.54, 1.807) is 54.7 Å². The summed E-state index contributed by atoms with van der Waals surface area (Å²) in [6, 6.07) is 5.89. The number of benzene rings is 1. The minimum Gasteiger partial charge on any atom is -0.497 e. The van der Waals surface area contributed by atoms with Crippen molar-refractivity contribution in [3.05, 3.63) is 52.3 Å². The molecule has 0 saturated carbocycles. The lowest BCUT2D eigenvalue weighted by atomic mass is 9.98. The number of hydrogen-bond donors (Lipinski definition) is 0. The first-order valence-electron chi connectivity index (χ1n) is 10.4. The molecule has 0 saturated heterocycles. The predicted octanol–water partition coefficient (Wildman–Crippen LogP) is 4.04. The molecule has 1 heterocycles. The van der Waals surface area contributed by atoms with Crippen molar-refractivity contribution in [3.63, 3.8) is 0 Å². The first kappa shape index (κ1) is 24.2. The number of ketones is 1. The lowest BCUT2D eigenvalue weighted by molar-refractivity contribution is 0.0565. The van der Waals surface area contributed by atoms with E-state index < -0.39 is 12.0 Å². The van der Waals surface area contributed by atoms with Gasteiger partial charge in [-0.3, -0.25) is 9.59 Å². The number of nitrogens with zero attached hydrogens (tertiary/aromatic N) is 2. The van der Waals surface area contributed by atoms with Gasteiger partial charge in [0.15, 0.2) is 5.78 Å². The Morgan fingerprint density at radius 3 is 2.06 bits per heavy atom. The molecular weight excluding hydrogens is 396 g/mol. The molecule has 1 unspecified atom stereocenters. The summed E-state index contributed by atoms with van der Waals surface area (Å²) in [6.45, 7) is 11.5. The summed E-state index contributed by atoms with van der Waals surface area (Å²) in [6.07, 6.45) is 0.